The Bertz CT molecular complexity index is 884. The second-order valence-electron chi connectivity index (χ2n) is 5.45. The van der Waals surface area contributed by atoms with Gasteiger partial charge in [-0.15, -0.1) is 11.3 Å². The molecule has 2 amide bonds. The Morgan fingerprint density at radius 1 is 1.12 bits per heavy atom. The number of rotatable bonds is 6. The maximum absolute atomic E-state index is 12.5. The van der Waals surface area contributed by atoms with Crippen LogP contribution in [0.1, 0.15) is 5.56 Å². The van der Waals surface area contributed by atoms with E-state index in [1.54, 1.807) is 17.8 Å². The van der Waals surface area contributed by atoms with E-state index in [0.29, 0.717) is 5.82 Å². The van der Waals surface area contributed by atoms with Gasteiger partial charge in [-0.25, -0.2) is 9.78 Å². The van der Waals surface area contributed by atoms with Crippen LogP contribution in [0.25, 0.3) is 10.6 Å². The number of carbonyl (C=O) groups excluding carboxylic acids is 1. The summed E-state index contributed by atoms with van der Waals surface area (Å²) in [6.07, 6.45) is 2.33. The van der Waals surface area contributed by atoms with Crippen LogP contribution in [0.4, 0.5) is 10.6 Å². The third kappa shape index (κ3) is 4.64. The van der Waals surface area contributed by atoms with Crippen LogP contribution in [-0.4, -0.2) is 33.1 Å². The van der Waals surface area contributed by atoms with E-state index in [9.17, 15) is 9.59 Å². The van der Waals surface area contributed by atoms with E-state index in [0.717, 1.165) is 16.1 Å². The van der Waals surface area contributed by atoms with E-state index in [1.807, 2.05) is 42.5 Å². The van der Waals surface area contributed by atoms with Crippen LogP contribution in [-0.2, 0) is 11.2 Å². The highest BCUT2D eigenvalue weighted by molar-refractivity contribution is 7.13. The molecule has 0 saturated carbocycles. The van der Waals surface area contributed by atoms with Gasteiger partial charge < -0.3 is 15.7 Å². The van der Waals surface area contributed by atoms with Gasteiger partial charge in [0.1, 0.15) is 16.9 Å². The quantitative estimate of drug-likeness (QED) is 0.620. The number of nitrogens with one attached hydrogen (secondary N) is 2. The Labute approximate surface area is 153 Å². The lowest BCUT2D eigenvalue weighted by molar-refractivity contribution is -0.118. The predicted molar refractivity (Wildman–Crippen MR) is 99.1 cm³/mol. The first-order valence-electron chi connectivity index (χ1n) is 7.82. The van der Waals surface area contributed by atoms with Crippen molar-refractivity contribution in [2.75, 3.05) is 5.32 Å². The van der Waals surface area contributed by atoms with Crippen LogP contribution in [0.5, 0.6) is 0 Å². The van der Waals surface area contributed by atoms with Crippen LogP contribution in [0.2, 0.25) is 0 Å². The Hall–Kier alpha value is -3.26. The van der Waals surface area contributed by atoms with Crippen LogP contribution in [0.3, 0.4) is 0 Å². The number of thiazole rings is 1. The minimum Gasteiger partial charge on any atom is -0.465 e. The summed E-state index contributed by atoms with van der Waals surface area (Å²) in [5.74, 6) is -0.0695. The van der Waals surface area contributed by atoms with Crippen LogP contribution in [0, 0.1) is 0 Å². The van der Waals surface area contributed by atoms with Gasteiger partial charge in [0.05, 0.1) is 0 Å². The number of pyridine rings is 1. The van der Waals surface area contributed by atoms with Gasteiger partial charge in [0.15, 0.2) is 0 Å². The summed E-state index contributed by atoms with van der Waals surface area (Å²) >= 11 is 1.38. The van der Waals surface area contributed by atoms with Gasteiger partial charge in [0, 0.05) is 29.8 Å². The summed E-state index contributed by atoms with van der Waals surface area (Å²) in [6, 6.07) is 12.0. The lowest BCUT2D eigenvalue weighted by Crippen LogP contribution is -2.44. The van der Waals surface area contributed by atoms with Crippen molar-refractivity contribution < 1.29 is 14.7 Å². The maximum Gasteiger partial charge on any atom is 0.405 e. The average Bonchev–Trinajstić information content (AvgIpc) is 3.11. The highest BCUT2D eigenvalue weighted by atomic mass is 32.1. The highest BCUT2D eigenvalue weighted by Crippen LogP contribution is 2.25. The van der Waals surface area contributed by atoms with Gasteiger partial charge in [-0.1, -0.05) is 30.3 Å². The molecular weight excluding hydrogens is 352 g/mol. The number of anilines is 1. The second-order valence-corrected chi connectivity index (χ2v) is 6.31. The summed E-state index contributed by atoms with van der Waals surface area (Å²) in [4.78, 5) is 31.9. The SMILES string of the molecule is O=C(O)NC(Cc1ccccc1)C(=O)Nc1csc(-c2ccncc2)n1. The topological polar surface area (TPSA) is 104 Å². The smallest absolute Gasteiger partial charge is 0.405 e. The number of carboxylic acid groups (broad SMARTS) is 1. The largest absolute Gasteiger partial charge is 0.465 e. The molecule has 0 spiro atoms. The van der Waals surface area contributed by atoms with E-state index in [2.05, 4.69) is 20.6 Å². The number of aromatic nitrogens is 2. The average molecular weight is 368 g/mol. The van der Waals surface area contributed by atoms with Gasteiger partial charge >= 0.3 is 6.09 Å². The van der Waals surface area contributed by atoms with E-state index < -0.39 is 18.0 Å². The number of nitrogens with zero attached hydrogens (tertiary/aromatic N) is 2. The van der Waals surface area contributed by atoms with Crippen LogP contribution < -0.4 is 10.6 Å². The van der Waals surface area contributed by atoms with Crippen molar-refractivity contribution in [2.24, 2.45) is 0 Å². The molecular formula is C18H16N4O3S. The standard InChI is InChI=1S/C18H16N4O3S/c23-16(14(20-18(24)25)10-12-4-2-1-3-5-12)21-15-11-26-17(22-15)13-6-8-19-9-7-13/h1-9,11,14,20H,10H2,(H,21,23)(H,24,25). The van der Waals surface area contributed by atoms with Crippen molar-refractivity contribution in [3.63, 3.8) is 0 Å². The van der Waals surface area contributed by atoms with Crippen molar-refractivity contribution in [1.82, 2.24) is 15.3 Å². The fourth-order valence-corrected chi connectivity index (χ4v) is 3.14. The first-order valence-corrected chi connectivity index (χ1v) is 8.70. The number of carbonyl (C=O) groups is 2. The molecule has 2 aromatic heterocycles. The van der Waals surface area contributed by atoms with Crippen molar-refractivity contribution >= 4 is 29.2 Å². The molecule has 1 aromatic carbocycles. The summed E-state index contributed by atoms with van der Waals surface area (Å²) in [5.41, 5.74) is 1.76. The Morgan fingerprint density at radius 3 is 2.54 bits per heavy atom. The van der Waals surface area contributed by atoms with Crippen LogP contribution >= 0.6 is 11.3 Å². The number of benzene rings is 1. The van der Waals surface area contributed by atoms with Gasteiger partial charge in [-0.3, -0.25) is 9.78 Å². The molecule has 8 heteroatoms. The van der Waals surface area contributed by atoms with Gasteiger partial charge in [-0.05, 0) is 17.7 Å². The summed E-state index contributed by atoms with van der Waals surface area (Å²) < 4.78 is 0. The Morgan fingerprint density at radius 2 is 1.85 bits per heavy atom. The summed E-state index contributed by atoms with van der Waals surface area (Å²) in [7, 11) is 0. The van der Waals surface area contributed by atoms with Crippen molar-refractivity contribution in [3.05, 3.63) is 65.8 Å². The minimum absolute atomic E-state index is 0.250. The molecule has 1 atom stereocenters. The zero-order chi connectivity index (χ0) is 18.4. The minimum atomic E-state index is -1.25. The Kier molecular flexibility index (Phi) is 5.55. The molecule has 0 radical (unpaired) electrons. The first kappa shape index (κ1) is 17.6. The number of hydrogen-bond donors (Lipinski definition) is 3. The number of hydrogen-bond acceptors (Lipinski definition) is 5. The lowest BCUT2D eigenvalue weighted by atomic mass is 10.1. The zero-order valence-electron chi connectivity index (χ0n) is 13.6. The molecule has 26 heavy (non-hydrogen) atoms. The molecule has 7 nitrogen and oxygen atoms in total. The molecule has 0 aliphatic heterocycles. The molecule has 0 bridgehead atoms. The monoisotopic (exact) mass is 368 g/mol. The molecule has 3 rings (SSSR count). The molecule has 0 aliphatic rings. The lowest BCUT2D eigenvalue weighted by Gasteiger charge is -2.16. The summed E-state index contributed by atoms with van der Waals surface area (Å²) in [5, 5.41) is 16.4. The van der Waals surface area contributed by atoms with Gasteiger partial charge in [0.25, 0.3) is 0 Å². The van der Waals surface area contributed by atoms with E-state index in [1.165, 1.54) is 11.3 Å². The maximum atomic E-state index is 12.5. The fraction of sp³-hybridized carbons (Fsp3) is 0.111. The first-order chi connectivity index (χ1) is 12.6. The van der Waals surface area contributed by atoms with Crippen molar-refractivity contribution in [2.45, 2.75) is 12.5 Å². The molecule has 1 unspecified atom stereocenters. The van der Waals surface area contributed by atoms with Crippen LogP contribution in [0.15, 0.2) is 60.2 Å². The fourth-order valence-electron chi connectivity index (χ4n) is 2.38. The van der Waals surface area contributed by atoms with Gasteiger partial charge in [0.2, 0.25) is 5.91 Å². The Balaban J connectivity index is 1.71. The molecule has 0 aliphatic carbocycles. The molecule has 132 valence electrons. The van der Waals surface area contributed by atoms with E-state index >= 15 is 0 Å². The molecule has 3 aromatic rings. The predicted octanol–water partition coefficient (Wildman–Crippen LogP) is 3.02. The third-order valence-electron chi connectivity index (χ3n) is 3.58. The van der Waals surface area contributed by atoms with E-state index in [4.69, 9.17) is 5.11 Å². The molecule has 3 N–H and O–H groups in total. The normalized spacial score (nSPS) is 11.5. The zero-order valence-corrected chi connectivity index (χ0v) is 14.4. The second kappa shape index (κ2) is 8.21. The highest BCUT2D eigenvalue weighted by Gasteiger charge is 2.22. The third-order valence-corrected chi connectivity index (χ3v) is 4.47. The summed E-state index contributed by atoms with van der Waals surface area (Å²) in [6.45, 7) is 0. The van der Waals surface area contributed by atoms with E-state index in [-0.39, 0.29) is 6.42 Å². The van der Waals surface area contributed by atoms with Crippen molar-refractivity contribution in [3.8, 4) is 10.6 Å². The number of amides is 2. The molecule has 0 saturated heterocycles. The van der Waals surface area contributed by atoms with Gasteiger partial charge in [-0.2, -0.15) is 0 Å². The molecule has 0 fully saturated rings. The molecule has 2 heterocycles. The van der Waals surface area contributed by atoms with Crippen molar-refractivity contribution in [1.29, 1.82) is 0 Å².